The Morgan fingerprint density at radius 2 is 1.24 bits per heavy atom. The van der Waals surface area contributed by atoms with Crippen molar-refractivity contribution in [2.45, 2.75) is 13.8 Å². The van der Waals surface area contributed by atoms with Crippen LogP contribution in [0.4, 0.5) is 0 Å². The van der Waals surface area contributed by atoms with Crippen molar-refractivity contribution in [3.63, 3.8) is 0 Å². The van der Waals surface area contributed by atoms with Gasteiger partial charge in [-0.3, -0.25) is 0 Å². The molecule has 7 rings (SSSR count). The van der Waals surface area contributed by atoms with E-state index in [1.807, 2.05) is 0 Å². The van der Waals surface area contributed by atoms with Crippen LogP contribution in [0.2, 0.25) is 0 Å². The van der Waals surface area contributed by atoms with Gasteiger partial charge in [0.05, 0.1) is 18.0 Å². The molecule has 0 spiro atoms. The van der Waals surface area contributed by atoms with Gasteiger partial charge in [0.1, 0.15) is 17.4 Å². The van der Waals surface area contributed by atoms with Gasteiger partial charge in [-0.1, -0.05) is 72.8 Å². The summed E-state index contributed by atoms with van der Waals surface area (Å²) in [5, 5.41) is 3.86. The normalized spacial score (nSPS) is 11.8. The van der Waals surface area contributed by atoms with Gasteiger partial charge in [0.15, 0.2) is 5.65 Å². The molecule has 3 aromatic heterocycles. The molecule has 180 valence electrons. The Kier molecular flexibility index (Phi) is 4.67. The number of benzene rings is 4. The van der Waals surface area contributed by atoms with Crippen molar-refractivity contribution < 1.29 is 4.57 Å². The fourth-order valence-electron chi connectivity index (χ4n) is 6.15. The lowest BCUT2D eigenvalue weighted by molar-refractivity contribution is -0.653. The Hall–Kier alpha value is -4.57. The van der Waals surface area contributed by atoms with Crippen molar-refractivity contribution in [2.24, 2.45) is 14.1 Å². The first-order valence-corrected chi connectivity index (χ1v) is 12.8. The van der Waals surface area contributed by atoms with Crippen LogP contribution in [-0.2, 0) is 14.1 Å². The lowest BCUT2D eigenvalue weighted by atomic mass is 10.1. The molecule has 7 aromatic rings. The molecule has 0 N–H and O–H groups in total. The van der Waals surface area contributed by atoms with Gasteiger partial charge in [0, 0.05) is 23.4 Å². The van der Waals surface area contributed by atoms with Crippen LogP contribution in [0.15, 0.2) is 103 Å². The van der Waals surface area contributed by atoms with Crippen LogP contribution < -0.4 is 4.57 Å². The lowest BCUT2D eigenvalue weighted by Crippen LogP contribution is -2.34. The van der Waals surface area contributed by atoms with E-state index in [-0.39, 0.29) is 0 Å². The molecule has 0 radical (unpaired) electrons. The number of hydrogen-bond acceptors (Lipinski definition) is 0. The standard InChI is InChI=1S/C33H29N4/c1-22-13-12-14-23(2)31(22)36-21-29(35(4)32(36)24-15-6-5-7-16-24)37-28-20-11-9-18-26(28)30-25-17-8-10-19-27(25)34(3)33(30)37/h5-21H,1-4H3/q+1. The summed E-state index contributed by atoms with van der Waals surface area (Å²) in [4.78, 5) is 0. The maximum Gasteiger partial charge on any atom is 0.267 e. The number of hydrogen-bond donors (Lipinski definition) is 0. The topological polar surface area (TPSA) is 18.7 Å². The maximum absolute atomic E-state index is 2.43. The number of para-hydroxylation sites is 3. The quantitative estimate of drug-likeness (QED) is 0.238. The van der Waals surface area contributed by atoms with E-state index in [0.717, 1.165) is 11.6 Å². The van der Waals surface area contributed by atoms with Crippen molar-refractivity contribution in [3.8, 4) is 22.9 Å². The van der Waals surface area contributed by atoms with Crippen LogP contribution in [0.1, 0.15) is 11.1 Å². The fraction of sp³-hybridized carbons (Fsp3) is 0.121. The predicted octanol–water partition coefficient (Wildman–Crippen LogP) is 7.17. The second-order valence-electron chi connectivity index (χ2n) is 9.97. The van der Waals surface area contributed by atoms with Gasteiger partial charge in [-0.2, -0.15) is 0 Å². The van der Waals surface area contributed by atoms with Crippen molar-refractivity contribution >= 4 is 32.8 Å². The molecule has 0 saturated heterocycles. The van der Waals surface area contributed by atoms with Crippen LogP contribution >= 0.6 is 0 Å². The molecule has 0 fully saturated rings. The number of aryl methyl sites for hydroxylation is 3. The maximum atomic E-state index is 2.43. The molecular weight excluding hydrogens is 452 g/mol. The molecule has 0 unspecified atom stereocenters. The van der Waals surface area contributed by atoms with Gasteiger partial charge in [-0.25, -0.2) is 13.7 Å². The van der Waals surface area contributed by atoms with E-state index in [1.165, 1.54) is 55.2 Å². The third-order valence-electron chi connectivity index (χ3n) is 7.78. The zero-order valence-corrected chi connectivity index (χ0v) is 21.6. The minimum Gasteiger partial charge on any atom is -0.317 e. The SMILES string of the molecule is Cc1cccc(C)c1-n1cc(-n2c3ccccc3c3c4ccccc4n(C)c32)[n+](C)c1-c1ccccc1. The molecule has 0 aliphatic carbocycles. The molecule has 0 aliphatic heterocycles. The van der Waals surface area contributed by atoms with Crippen LogP contribution in [-0.4, -0.2) is 13.7 Å². The van der Waals surface area contributed by atoms with Crippen molar-refractivity contribution in [1.82, 2.24) is 13.7 Å². The average molecular weight is 482 g/mol. The summed E-state index contributed by atoms with van der Waals surface area (Å²) in [5.74, 6) is 2.27. The zero-order chi connectivity index (χ0) is 25.3. The monoisotopic (exact) mass is 481 g/mol. The Bertz CT molecular complexity index is 1940. The Labute approximate surface area is 216 Å². The summed E-state index contributed by atoms with van der Waals surface area (Å²) in [7, 11) is 4.37. The van der Waals surface area contributed by atoms with Gasteiger partial charge in [0.2, 0.25) is 5.82 Å². The largest absolute Gasteiger partial charge is 0.317 e. The first-order valence-electron chi connectivity index (χ1n) is 12.8. The van der Waals surface area contributed by atoms with Gasteiger partial charge in [-0.15, -0.1) is 0 Å². The molecule has 3 heterocycles. The van der Waals surface area contributed by atoms with Gasteiger partial charge in [-0.05, 0) is 49.2 Å². The summed E-state index contributed by atoms with van der Waals surface area (Å²) in [6, 6.07) is 34.7. The van der Waals surface area contributed by atoms with Crippen molar-refractivity contribution in [1.29, 1.82) is 0 Å². The van der Waals surface area contributed by atoms with E-state index >= 15 is 0 Å². The highest BCUT2D eigenvalue weighted by molar-refractivity contribution is 6.21. The van der Waals surface area contributed by atoms with Crippen LogP contribution in [0.25, 0.3) is 55.7 Å². The molecule has 0 atom stereocenters. The number of imidazole rings is 1. The summed E-state index contributed by atoms with van der Waals surface area (Å²) in [6.07, 6.45) is 2.31. The molecule has 0 bridgehead atoms. The summed E-state index contributed by atoms with van der Waals surface area (Å²) >= 11 is 0. The first kappa shape index (κ1) is 21.7. The summed E-state index contributed by atoms with van der Waals surface area (Å²) in [6.45, 7) is 4.40. The predicted molar refractivity (Wildman–Crippen MR) is 153 cm³/mol. The van der Waals surface area contributed by atoms with Gasteiger partial charge >= 0.3 is 0 Å². The Morgan fingerprint density at radius 1 is 0.649 bits per heavy atom. The molecule has 0 aliphatic rings. The first-order chi connectivity index (χ1) is 18.1. The number of nitrogens with zero attached hydrogens (tertiary/aromatic N) is 4. The van der Waals surface area contributed by atoms with Crippen molar-refractivity contribution in [3.05, 3.63) is 114 Å². The third-order valence-corrected chi connectivity index (χ3v) is 7.78. The molecular formula is C33H29N4+. The van der Waals surface area contributed by atoms with E-state index < -0.39 is 0 Å². The second kappa shape index (κ2) is 7.97. The number of aromatic nitrogens is 4. The highest BCUT2D eigenvalue weighted by Crippen LogP contribution is 2.38. The van der Waals surface area contributed by atoms with Crippen LogP contribution in [0, 0.1) is 13.8 Å². The molecule has 0 amide bonds. The highest BCUT2D eigenvalue weighted by Gasteiger charge is 2.30. The van der Waals surface area contributed by atoms with E-state index in [2.05, 4.69) is 149 Å². The fourth-order valence-corrected chi connectivity index (χ4v) is 6.15. The zero-order valence-electron chi connectivity index (χ0n) is 21.6. The van der Waals surface area contributed by atoms with Crippen molar-refractivity contribution in [2.75, 3.05) is 0 Å². The van der Waals surface area contributed by atoms with Gasteiger partial charge in [0.25, 0.3) is 5.82 Å². The Balaban J connectivity index is 1.66. The average Bonchev–Trinajstić information content (AvgIpc) is 3.53. The minimum absolute atomic E-state index is 1.12. The molecule has 4 heteroatoms. The molecule has 0 saturated carbocycles. The molecule has 4 aromatic carbocycles. The molecule has 4 nitrogen and oxygen atoms in total. The third kappa shape index (κ3) is 2.99. The van der Waals surface area contributed by atoms with Crippen LogP contribution in [0.3, 0.4) is 0 Å². The number of rotatable bonds is 3. The smallest absolute Gasteiger partial charge is 0.267 e. The van der Waals surface area contributed by atoms with Gasteiger partial charge < -0.3 is 4.57 Å². The minimum atomic E-state index is 1.12. The van der Waals surface area contributed by atoms with E-state index in [1.54, 1.807) is 0 Å². The summed E-state index contributed by atoms with van der Waals surface area (Å²) in [5.41, 5.74) is 8.58. The number of fused-ring (bicyclic) bond motifs is 5. The Morgan fingerprint density at radius 3 is 1.95 bits per heavy atom. The second-order valence-corrected chi connectivity index (χ2v) is 9.97. The lowest BCUT2D eigenvalue weighted by Gasteiger charge is -2.10. The van der Waals surface area contributed by atoms with E-state index in [0.29, 0.717) is 0 Å². The molecule has 37 heavy (non-hydrogen) atoms. The van der Waals surface area contributed by atoms with E-state index in [4.69, 9.17) is 0 Å². The highest BCUT2D eigenvalue weighted by atomic mass is 15.3. The van der Waals surface area contributed by atoms with E-state index in [9.17, 15) is 0 Å². The van der Waals surface area contributed by atoms with Crippen LogP contribution in [0.5, 0.6) is 0 Å². The summed E-state index contributed by atoms with van der Waals surface area (Å²) < 4.78 is 9.48.